The first-order chi connectivity index (χ1) is 19.1. The standard InChI is InChI=1S/C34H48NO5.BrH/c1-33-13-10-22(36)17-21(33)6-7-23-24-8-9-26(34(24,2)14-11-25(23)33)28(37)18-27-30-20(12-15-35(27,3)4)16-29-31(32(30)38-5)40-19-39-29;/h6,16,22-27,36H,7-15,17-19H2,1-5H3;1H/q+1;/p-1/t22?,23?,24?,25?,26?,27?,33-,34-;/m0./s1. The van der Waals surface area contributed by atoms with Crippen molar-refractivity contribution in [1.29, 1.82) is 0 Å². The maximum atomic E-state index is 14.4. The number of rotatable bonds is 4. The van der Waals surface area contributed by atoms with Gasteiger partial charge in [-0.05, 0) is 91.6 Å². The molecule has 3 saturated carbocycles. The normalized spacial score (nSPS) is 39.8. The second-order valence-electron chi connectivity index (χ2n) is 15.0. The molecule has 2 heterocycles. The van der Waals surface area contributed by atoms with Crippen LogP contribution in [0, 0.1) is 34.5 Å². The maximum absolute atomic E-state index is 14.4. The van der Waals surface area contributed by atoms with E-state index in [1.54, 1.807) is 7.11 Å². The van der Waals surface area contributed by atoms with Gasteiger partial charge in [0.25, 0.3) is 0 Å². The number of aliphatic hydroxyl groups excluding tert-OH is 1. The number of halogens is 1. The highest BCUT2D eigenvalue weighted by molar-refractivity contribution is 5.83. The summed E-state index contributed by atoms with van der Waals surface area (Å²) >= 11 is 0. The molecule has 1 N–H and O–H groups in total. The number of hydrogen-bond acceptors (Lipinski definition) is 5. The number of hydrogen-bond donors (Lipinski definition) is 1. The van der Waals surface area contributed by atoms with E-state index in [1.165, 1.54) is 24.0 Å². The number of methoxy groups -OCH3 is 1. The minimum absolute atomic E-state index is 0. The molecule has 6 unspecified atom stereocenters. The number of likely N-dealkylation sites (N-methyl/N-ethyl adjacent to an activating group) is 1. The number of carbonyl (C=O) groups excluding carboxylic acids is 1. The molecule has 6 aliphatic rings. The lowest BCUT2D eigenvalue weighted by molar-refractivity contribution is -0.922. The summed E-state index contributed by atoms with van der Waals surface area (Å²) in [6.45, 7) is 6.16. The Labute approximate surface area is 256 Å². The van der Waals surface area contributed by atoms with Crippen LogP contribution in [0.3, 0.4) is 0 Å². The van der Waals surface area contributed by atoms with E-state index in [9.17, 15) is 9.90 Å². The van der Waals surface area contributed by atoms with Crippen molar-refractivity contribution in [2.24, 2.45) is 34.5 Å². The molecule has 6 nitrogen and oxygen atoms in total. The Bertz CT molecular complexity index is 1260. The van der Waals surface area contributed by atoms with Gasteiger partial charge in [-0.15, -0.1) is 0 Å². The first-order valence-electron chi connectivity index (χ1n) is 15.8. The number of Topliss-reactive ketones (excluding diaryl/α,β-unsaturated/α-hetero) is 1. The smallest absolute Gasteiger partial charge is 0.231 e. The number of ketones is 1. The van der Waals surface area contributed by atoms with Crippen molar-refractivity contribution in [2.75, 3.05) is 34.5 Å². The molecule has 1 aromatic carbocycles. The number of fused-ring (bicyclic) bond motifs is 7. The zero-order valence-corrected chi connectivity index (χ0v) is 27.1. The van der Waals surface area contributed by atoms with E-state index < -0.39 is 0 Å². The molecule has 0 saturated heterocycles. The fourth-order valence-corrected chi connectivity index (χ4v) is 10.6. The van der Waals surface area contributed by atoms with Gasteiger partial charge in [-0.2, -0.15) is 0 Å². The highest BCUT2D eigenvalue weighted by Crippen LogP contribution is 2.66. The first kappa shape index (κ1) is 29.5. The van der Waals surface area contributed by atoms with Crippen LogP contribution in [0.5, 0.6) is 17.2 Å². The summed E-state index contributed by atoms with van der Waals surface area (Å²) < 4.78 is 18.3. The summed E-state index contributed by atoms with van der Waals surface area (Å²) in [5, 5.41) is 10.4. The molecular weight excluding hydrogens is 582 g/mol. The molecule has 0 radical (unpaired) electrons. The third-order valence-electron chi connectivity index (χ3n) is 12.9. The average Bonchev–Trinajstić information content (AvgIpc) is 3.53. The van der Waals surface area contributed by atoms with Crippen LogP contribution in [0.15, 0.2) is 17.7 Å². The van der Waals surface area contributed by atoms with Crippen molar-refractivity contribution >= 4 is 5.78 Å². The molecule has 1 aromatic rings. The van der Waals surface area contributed by atoms with Gasteiger partial charge in [0.2, 0.25) is 12.5 Å². The van der Waals surface area contributed by atoms with Crippen molar-refractivity contribution in [3.63, 3.8) is 0 Å². The third kappa shape index (κ3) is 4.34. The van der Waals surface area contributed by atoms with E-state index in [-0.39, 0.29) is 52.7 Å². The van der Waals surface area contributed by atoms with Gasteiger partial charge in [-0.3, -0.25) is 4.79 Å². The van der Waals surface area contributed by atoms with Crippen molar-refractivity contribution in [1.82, 2.24) is 0 Å². The van der Waals surface area contributed by atoms with Crippen LogP contribution in [0.4, 0.5) is 0 Å². The molecule has 2 aliphatic heterocycles. The zero-order chi connectivity index (χ0) is 28.0. The highest BCUT2D eigenvalue weighted by Gasteiger charge is 2.60. The minimum atomic E-state index is -0.162. The summed E-state index contributed by atoms with van der Waals surface area (Å²) in [6.07, 6.45) is 12.5. The predicted octanol–water partition coefficient (Wildman–Crippen LogP) is 3.00. The first-order valence-corrected chi connectivity index (χ1v) is 15.8. The van der Waals surface area contributed by atoms with E-state index in [0.717, 1.165) is 73.0 Å². The molecule has 0 spiro atoms. The summed E-state index contributed by atoms with van der Waals surface area (Å²) in [6, 6.07) is 2.17. The van der Waals surface area contributed by atoms with Crippen LogP contribution in [0.25, 0.3) is 0 Å². The Balaban J connectivity index is 0.00000302. The Morgan fingerprint density at radius 2 is 1.93 bits per heavy atom. The lowest BCUT2D eigenvalue weighted by atomic mass is 9.47. The monoisotopic (exact) mass is 629 g/mol. The fraction of sp³-hybridized carbons (Fsp3) is 0.735. The number of quaternary nitrogens is 1. The van der Waals surface area contributed by atoms with Gasteiger partial charge in [0, 0.05) is 12.3 Å². The van der Waals surface area contributed by atoms with Crippen LogP contribution in [-0.4, -0.2) is 56.0 Å². The second kappa shape index (κ2) is 10.3. The SMILES string of the molecule is COc1c2c(cc3c1C(CC(=O)C1CCC4C5CC=C6CC(O)CC[C@]6(C)C5CC[C@]14C)[N+](C)(C)CC3)OCO2.[Br-]. The molecule has 0 bridgehead atoms. The topological polar surface area (TPSA) is 65.0 Å². The van der Waals surface area contributed by atoms with Crippen LogP contribution < -0.4 is 31.2 Å². The Kier molecular flexibility index (Phi) is 7.38. The lowest BCUT2D eigenvalue weighted by Crippen LogP contribution is -3.00. The molecule has 8 atom stereocenters. The van der Waals surface area contributed by atoms with Gasteiger partial charge in [0.05, 0.1) is 45.8 Å². The van der Waals surface area contributed by atoms with Crippen molar-refractivity contribution < 1.29 is 45.6 Å². The number of carbonyl (C=O) groups is 1. The quantitative estimate of drug-likeness (QED) is 0.410. The van der Waals surface area contributed by atoms with Crippen molar-refractivity contribution in [3.05, 3.63) is 28.8 Å². The average molecular weight is 631 g/mol. The zero-order valence-electron chi connectivity index (χ0n) is 25.5. The molecule has 7 heteroatoms. The van der Waals surface area contributed by atoms with E-state index in [0.29, 0.717) is 35.7 Å². The Hall–Kier alpha value is -1.57. The molecule has 0 amide bonds. The van der Waals surface area contributed by atoms with Gasteiger partial charge in [-0.1, -0.05) is 25.5 Å². The lowest BCUT2D eigenvalue weighted by Gasteiger charge is -2.58. The van der Waals surface area contributed by atoms with Gasteiger partial charge >= 0.3 is 0 Å². The number of aliphatic hydroxyl groups is 1. The predicted molar refractivity (Wildman–Crippen MR) is 153 cm³/mol. The molecule has 41 heavy (non-hydrogen) atoms. The van der Waals surface area contributed by atoms with Crippen LogP contribution >= 0.6 is 0 Å². The molecule has 7 rings (SSSR count). The number of allylic oxidation sites excluding steroid dienone is 1. The largest absolute Gasteiger partial charge is 1.00 e. The van der Waals surface area contributed by atoms with E-state index >= 15 is 0 Å². The van der Waals surface area contributed by atoms with Gasteiger partial charge < -0.3 is 40.8 Å². The summed E-state index contributed by atoms with van der Waals surface area (Å²) in [4.78, 5) is 14.4. The second-order valence-corrected chi connectivity index (χ2v) is 15.0. The van der Waals surface area contributed by atoms with E-state index in [4.69, 9.17) is 14.2 Å². The van der Waals surface area contributed by atoms with Gasteiger partial charge in [0.15, 0.2) is 11.5 Å². The van der Waals surface area contributed by atoms with Gasteiger partial charge in [-0.25, -0.2) is 0 Å². The number of ether oxygens (including phenoxy) is 3. The van der Waals surface area contributed by atoms with Crippen LogP contribution in [0.1, 0.15) is 88.8 Å². The van der Waals surface area contributed by atoms with Crippen LogP contribution in [-0.2, 0) is 11.2 Å². The summed E-state index contributed by atoms with van der Waals surface area (Å²) in [5.41, 5.74) is 4.23. The van der Waals surface area contributed by atoms with E-state index in [2.05, 4.69) is 40.1 Å². The summed E-state index contributed by atoms with van der Waals surface area (Å²) in [7, 11) is 6.25. The Morgan fingerprint density at radius 3 is 2.71 bits per heavy atom. The summed E-state index contributed by atoms with van der Waals surface area (Å²) in [5.74, 6) is 4.79. The molecule has 4 aliphatic carbocycles. The van der Waals surface area contributed by atoms with E-state index in [1.807, 2.05) is 0 Å². The van der Waals surface area contributed by atoms with Crippen molar-refractivity contribution in [2.45, 2.75) is 90.2 Å². The number of nitrogens with zero attached hydrogens (tertiary/aromatic N) is 1. The minimum Gasteiger partial charge on any atom is -1.00 e. The molecule has 226 valence electrons. The fourth-order valence-electron chi connectivity index (χ4n) is 10.6. The highest BCUT2D eigenvalue weighted by atomic mass is 79.9. The van der Waals surface area contributed by atoms with Crippen molar-refractivity contribution in [3.8, 4) is 17.2 Å². The molecular formula is C34H48BrNO5. The maximum Gasteiger partial charge on any atom is 0.231 e. The third-order valence-corrected chi connectivity index (χ3v) is 12.9. The van der Waals surface area contributed by atoms with Crippen LogP contribution in [0.2, 0.25) is 0 Å². The number of benzene rings is 1. The molecule has 0 aromatic heterocycles. The van der Waals surface area contributed by atoms with Gasteiger partial charge in [0.1, 0.15) is 11.8 Å². The Morgan fingerprint density at radius 1 is 1.12 bits per heavy atom. The molecule has 3 fully saturated rings.